The Bertz CT molecular complexity index is 802. The molecule has 0 aromatic heterocycles. The fraction of sp³-hybridized carbons (Fsp3) is 0.391. The minimum absolute atomic E-state index is 0.178. The van der Waals surface area contributed by atoms with E-state index in [2.05, 4.69) is 10.6 Å². The van der Waals surface area contributed by atoms with E-state index in [0.717, 1.165) is 16.7 Å². The van der Waals surface area contributed by atoms with Gasteiger partial charge in [-0.2, -0.15) is 0 Å². The van der Waals surface area contributed by atoms with E-state index in [1.807, 2.05) is 63.2 Å². The highest BCUT2D eigenvalue weighted by Gasteiger charge is 2.23. The third-order valence-corrected chi connectivity index (χ3v) is 4.59. The summed E-state index contributed by atoms with van der Waals surface area (Å²) < 4.78 is 5.22. The topological polar surface area (TPSA) is 67.4 Å². The number of methoxy groups -OCH3 is 1. The molecule has 0 aliphatic heterocycles. The van der Waals surface area contributed by atoms with Crippen LogP contribution in [-0.4, -0.2) is 25.0 Å². The molecule has 2 amide bonds. The first-order valence-electron chi connectivity index (χ1n) is 9.62. The Morgan fingerprint density at radius 1 is 1.00 bits per heavy atom. The van der Waals surface area contributed by atoms with Gasteiger partial charge >= 0.3 is 0 Å². The molecule has 2 aromatic carbocycles. The molecule has 0 fully saturated rings. The molecule has 0 aliphatic rings. The van der Waals surface area contributed by atoms with Gasteiger partial charge < -0.3 is 15.4 Å². The number of rotatable bonds is 9. The number of hydrogen-bond acceptors (Lipinski definition) is 3. The van der Waals surface area contributed by atoms with Crippen molar-refractivity contribution in [1.82, 2.24) is 10.6 Å². The van der Waals surface area contributed by atoms with Crippen molar-refractivity contribution in [2.75, 3.05) is 7.11 Å². The molecule has 2 rings (SSSR count). The van der Waals surface area contributed by atoms with Crippen LogP contribution in [0, 0.1) is 12.8 Å². The molecule has 150 valence electrons. The molecule has 0 radical (unpaired) electrons. The third kappa shape index (κ3) is 6.20. The molecule has 0 saturated carbocycles. The summed E-state index contributed by atoms with van der Waals surface area (Å²) in [6, 6.07) is 14.6. The lowest BCUT2D eigenvalue weighted by Gasteiger charge is -2.21. The fourth-order valence-corrected chi connectivity index (χ4v) is 3.10. The Labute approximate surface area is 167 Å². The SMILES string of the molecule is COCc1ccccc1CNC(=O)C(CC(C)C)NC(=O)c1ccccc1C. The molecule has 0 heterocycles. The maximum Gasteiger partial charge on any atom is 0.252 e. The van der Waals surface area contributed by atoms with Gasteiger partial charge in [-0.05, 0) is 42.0 Å². The third-order valence-electron chi connectivity index (χ3n) is 4.59. The van der Waals surface area contributed by atoms with Gasteiger partial charge in [0.15, 0.2) is 0 Å². The van der Waals surface area contributed by atoms with Gasteiger partial charge in [0, 0.05) is 19.2 Å². The summed E-state index contributed by atoms with van der Waals surface area (Å²) in [6.07, 6.45) is 0.573. The number of amides is 2. The Balaban J connectivity index is 2.07. The summed E-state index contributed by atoms with van der Waals surface area (Å²) in [4.78, 5) is 25.5. The van der Waals surface area contributed by atoms with Crippen molar-refractivity contribution < 1.29 is 14.3 Å². The number of aryl methyl sites for hydroxylation is 1. The second kappa shape index (κ2) is 10.6. The van der Waals surface area contributed by atoms with E-state index < -0.39 is 6.04 Å². The van der Waals surface area contributed by atoms with Crippen LogP contribution in [-0.2, 0) is 22.7 Å². The van der Waals surface area contributed by atoms with E-state index in [-0.39, 0.29) is 17.7 Å². The minimum Gasteiger partial charge on any atom is -0.380 e. The quantitative estimate of drug-likeness (QED) is 0.696. The predicted octanol–water partition coefficient (Wildman–Crippen LogP) is 3.60. The van der Waals surface area contributed by atoms with Crippen LogP contribution in [0.5, 0.6) is 0 Å². The van der Waals surface area contributed by atoms with Crippen LogP contribution in [0.25, 0.3) is 0 Å². The normalized spacial score (nSPS) is 11.9. The monoisotopic (exact) mass is 382 g/mol. The standard InChI is InChI=1S/C23H30N2O3/c1-16(2)13-21(25-22(26)20-12-8-5-9-17(20)3)23(27)24-14-18-10-6-7-11-19(18)15-28-4/h5-12,16,21H,13-15H2,1-4H3,(H,24,27)(H,25,26). The lowest BCUT2D eigenvalue weighted by molar-refractivity contribution is -0.123. The number of ether oxygens (including phenoxy) is 1. The van der Waals surface area contributed by atoms with Crippen molar-refractivity contribution in [1.29, 1.82) is 0 Å². The van der Waals surface area contributed by atoms with Crippen molar-refractivity contribution in [2.45, 2.75) is 46.4 Å². The van der Waals surface area contributed by atoms with Gasteiger partial charge in [0.25, 0.3) is 5.91 Å². The molecule has 0 bridgehead atoms. The molecular formula is C23H30N2O3. The zero-order valence-corrected chi connectivity index (χ0v) is 17.1. The number of nitrogens with one attached hydrogen (secondary N) is 2. The van der Waals surface area contributed by atoms with E-state index in [1.165, 1.54) is 0 Å². The second-order valence-electron chi connectivity index (χ2n) is 7.39. The van der Waals surface area contributed by atoms with E-state index >= 15 is 0 Å². The van der Waals surface area contributed by atoms with E-state index in [9.17, 15) is 9.59 Å². The summed E-state index contributed by atoms with van der Waals surface area (Å²) in [5.41, 5.74) is 3.52. The van der Waals surface area contributed by atoms with Crippen LogP contribution in [0.1, 0.15) is 47.3 Å². The van der Waals surface area contributed by atoms with Gasteiger partial charge in [-0.3, -0.25) is 9.59 Å². The zero-order valence-electron chi connectivity index (χ0n) is 17.1. The van der Waals surface area contributed by atoms with Crippen molar-refractivity contribution in [3.05, 3.63) is 70.8 Å². The molecule has 0 aliphatic carbocycles. The molecule has 28 heavy (non-hydrogen) atoms. The highest BCUT2D eigenvalue weighted by Crippen LogP contribution is 2.12. The first-order valence-corrected chi connectivity index (χ1v) is 9.62. The maximum atomic E-state index is 12.8. The lowest BCUT2D eigenvalue weighted by Crippen LogP contribution is -2.47. The van der Waals surface area contributed by atoms with Crippen LogP contribution in [0.15, 0.2) is 48.5 Å². The smallest absolute Gasteiger partial charge is 0.252 e. The van der Waals surface area contributed by atoms with Crippen molar-refractivity contribution in [3.8, 4) is 0 Å². The van der Waals surface area contributed by atoms with Crippen LogP contribution in [0.4, 0.5) is 0 Å². The number of carbonyl (C=O) groups is 2. The fourth-order valence-electron chi connectivity index (χ4n) is 3.10. The average Bonchev–Trinajstić information content (AvgIpc) is 2.66. The Kier molecular flexibility index (Phi) is 8.20. The summed E-state index contributed by atoms with van der Waals surface area (Å²) in [7, 11) is 1.65. The average molecular weight is 383 g/mol. The Morgan fingerprint density at radius 3 is 2.29 bits per heavy atom. The molecular weight excluding hydrogens is 352 g/mol. The van der Waals surface area contributed by atoms with Crippen LogP contribution in [0.3, 0.4) is 0 Å². The second-order valence-corrected chi connectivity index (χ2v) is 7.39. The van der Waals surface area contributed by atoms with Crippen molar-refractivity contribution in [2.24, 2.45) is 5.92 Å². The summed E-state index contributed by atoms with van der Waals surface area (Å²) in [5, 5.41) is 5.87. The van der Waals surface area contributed by atoms with E-state index in [0.29, 0.717) is 25.1 Å². The van der Waals surface area contributed by atoms with Crippen LogP contribution < -0.4 is 10.6 Å². The summed E-state index contributed by atoms with van der Waals surface area (Å²) in [5.74, 6) is -0.129. The highest BCUT2D eigenvalue weighted by molar-refractivity contribution is 5.98. The minimum atomic E-state index is -0.582. The Hall–Kier alpha value is -2.66. The lowest BCUT2D eigenvalue weighted by atomic mass is 10.0. The molecule has 0 spiro atoms. The van der Waals surface area contributed by atoms with Gasteiger partial charge in [0.05, 0.1) is 6.61 Å². The van der Waals surface area contributed by atoms with Gasteiger partial charge in [-0.15, -0.1) is 0 Å². The van der Waals surface area contributed by atoms with E-state index in [1.54, 1.807) is 13.2 Å². The first kappa shape index (κ1) is 21.6. The van der Waals surface area contributed by atoms with Gasteiger partial charge in [0.2, 0.25) is 5.91 Å². The molecule has 1 atom stereocenters. The largest absolute Gasteiger partial charge is 0.380 e. The molecule has 5 heteroatoms. The molecule has 0 saturated heterocycles. The van der Waals surface area contributed by atoms with Gasteiger partial charge in [-0.25, -0.2) is 0 Å². The number of benzene rings is 2. The molecule has 2 aromatic rings. The van der Waals surface area contributed by atoms with Crippen molar-refractivity contribution >= 4 is 11.8 Å². The first-order chi connectivity index (χ1) is 13.4. The molecule has 2 N–H and O–H groups in total. The molecule has 1 unspecified atom stereocenters. The van der Waals surface area contributed by atoms with E-state index in [4.69, 9.17) is 4.74 Å². The summed E-state index contributed by atoms with van der Waals surface area (Å²) in [6.45, 7) is 6.85. The highest BCUT2D eigenvalue weighted by atomic mass is 16.5. The number of hydrogen-bond donors (Lipinski definition) is 2. The van der Waals surface area contributed by atoms with Gasteiger partial charge in [-0.1, -0.05) is 56.3 Å². The van der Waals surface area contributed by atoms with Crippen LogP contribution in [0.2, 0.25) is 0 Å². The van der Waals surface area contributed by atoms with Crippen molar-refractivity contribution in [3.63, 3.8) is 0 Å². The molecule has 5 nitrogen and oxygen atoms in total. The zero-order chi connectivity index (χ0) is 20.5. The Morgan fingerprint density at radius 2 is 1.64 bits per heavy atom. The van der Waals surface area contributed by atoms with Gasteiger partial charge in [0.1, 0.15) is 6.04 Å². The number of carbonyl (C=O) groups excluding carboxylic acids is 2. The summed E-state index contributed by atoms with van der Waals surface area (Å²) >= 11 is 0. The predicted molar refractivity (Wildman–Crippen MR) is 111 cm³/mol. The van der Waals surface area contributed by atoms with Crippen LogP contribution >= 0.6 is 0 Å². The maximum absolute atomic E-state index is 12.8.